The normalized spacial score (nSPS) is 17.9. The van der Waals surface area contributed by atoms with Crippen molar-refractivity contribution in [2.24, 2.45) is 0 Å². The molecule has 2 N–H and O–H groups in total. The summed E-state index contributed by atoms with van der Waals surface area (Å²) in [4.78, 5) is 4.32. The van der Waals surface area contributed by atoms with Crippen LogP contribution in [0.2, 0.25) is 0 Å². The zero-order valence-corrected chi connectivity index (χ0v) is 11.0. The fourth-order valence-electron chi connectivity index (χ4n) is 2.25. The quantitative estimate of drug-likeness (QED) is 0.809. The molecule has 1 fully saturated rings. The smallest absolute Gasteiger partial charge is 0.137 e. The number of hydrogen-bond donors (Lipinski definition) is 2. The van der Waals surface area contributed by atoms with E-state index in [4.69, 9.17) is 4.74 Å². The highest BCUT2D eigenvalue weighted by Crippen LogP contribution is 2.29. The summed E-state index contributed by atoms with van der Waals surface area (Å²) in [5, 5.41) is 13.4. The SMILES string of the molecule is CCNCc1ccc(OCC2(O)CCCC2)cn1. The first kappa shape index (κ1) is 13.3. The predicted molar refractivity (Wildman–Crippen MR) is 70.5 cm³/mol. The Kier molecular flexibility index (Phi) is 4.55. The van der Waals surface area contributed by atoms with E-state index in [-0.39, 0.29) is 0 Å². The second kappa shape index (κ2) is 6.16. The van der Waals surface area contributed by atoms with Crippen LogP contribution in [0.15, 0.2) is 18.3 Å². The van der Waals surface area contributed by atoms with E-state index >= 15 is 0 Å². The zero-order chi connectivity index (χ0) is 12.8. The molecule has 4 heteroatoms. The first-order valence-electron chi connectivity index (χ1n) is 6.73. The molecule has 1 aromatic rings. The molecule has 1 aromatic heterocycles. The summed E-state index contributed by atoms with van der Waals surface area (Å²) in [5.74, 6) is 0.732. The van der Waals surface area contributed by atoms with Gasteiger partial charge in [0.1, 0.15) is 12.4 Å². The van der Waals surface area contributed by atoms with Crippen LogP contribution in [0.1, 0.15) is 38.3 Å². The van der Waals surface area contributed by atoms with Crippen LogP contribution in [0.4, 0.5) is 0 Å². The third-order valence-electron chi connectivity index (χ3n) is 3.40. The van der Waals surface area contributed by atoms with Gasteiger partial charge < -0.3 is 15.2 Å². The van der Waals surface area contributed by atoms with Crippen molar-refractivity contribution >= 4 is 0 Å². The maximum Gasteiger partial charge on any atom is 0.137 e. The highest BCUT2D eigenvalue weighted by Gasteiger charge is 2.31. The Balaban J connectivity index is 1.82. The molecular weight excluding hydrogens is 228 g/mol. The van der Waals surface area contributed by atoms with E-state index in [0.29, 0.717) is 6.61 Å². The second-order valence-corrected chi connectivity index (χ2v) is 4.99. The molecule has 0 atom stereocenters. The first-order chi connectivity index (χ1) is 8.72. The molecule has 4 nitrogen and oxygen atoms in total. The molecule has 100 valence electrons. The summed E-state index contributed by atoms with van der Waals surface area (Å²) in [6, 6.07) is 3.87. The molecule has 0 aliphatic heterocycles. The van der Waals surface area contributed by atoms with Crippen molar-refractivity contribution in [3.05, 3.63) is 24.0 Å². The van der Waals surface area contributed by atoms with Gasteiger partial charge in [0.2, 0.25) is 0 Å². The minimum Gasteiger partial charge on any atom is -0.489 e. The van der Waals surface area contributed by atoms with Gasteiger partial charge in [-0.15, -0.1) is 0 Å². The van der Waals surface area contributed by atoms with Crippen molar-refractivity contribution in [3.63, 3.8) is 0 Å². The highest BCUT2D eigenvalue weighted by atomic mass is 16.5. The molecule has 1 aliphatic rings. The molecule has 2 rings (SSSR count). The first-order valence-corrected chi connectivity index (χ1v) is 6.73. The van der Waals surface area contributed by atoms with Crippen LogP contribution in [0.3, 0.4) is 0 Å². The second-order valence-electron chi connectivity index (χ2n) is 4.99. The standard InChI is InChI=1S/C14H22N2O2/c1-2-15-9-12-5-6-13(10-16-12)18-11-14(17)7-3-4-8-14/h5-6,10,15,17H,2-4,7-9,11H2,1H3. The average molecular weight is 250 g/mol. The Hall–Kier alpha value is -1.13. The maximum atomic E-state index is 10.2. The topological polar surface area (TPSA) is 54.4 Å². The van der Waals surface area contributed by atoms with Gasteiger partial charge in [0, 0.05) is 6.54 Å². The third kappa shape index (κ3) is 3.68. The van der Waals surface area contributed by atoms with E-state index in [1.54, 1.807) is 6.20 Å². The van der Waals surface area contributed by atoms with Gasteiger partial charge in [-0.1, -0.05) is 19.8 Å². The Labute approximate surface area is 108 Å². The van der Waals surface area contributed by atoms with Crippen molar-refractivity contribution in [1.29, 1.82) is 0 Å². The molecule has 0 radical (unpaired) electrons. The maximum absolute atomic E-state index is 10.2. The minimum atomic E-state index is -0.623. The molecule has 0 spiro atoms. The largest absolute Gasteiger partial charge is 0.489 e. The van der Waals surface area contributed by atoms with Gasteiger partial charge in [-0.2, -0.15) is 0 Å². The van der Waals surface area contributed by atoms with Crippen molar-refractivity contribution in [2.45, 2.75) is 44.8 Å². The Morgan fingerprint density at radius 2 is 2.17 bits per heavy atom. The summed E-state index contributed by atoms with van der Waals surface area (Å²) in [6.07, 6.45) is 5.61. The number of hydrogen-bond acceptors (Lipinski definition) is 4. The monoisotopic (exact) mass is 250 g/mol. The number of ether oxygens (including phenoxy) is 1. The van der Waals surface area contributed by atoms with E-state index in [2.05, 4.69) is 17.2 Å². The molecule has 1 heterocycles. The van der Waals surface area contributed by atoms with Crippen LogP contribution in [-0.4, -0.2) is 28.8 Å². The number of pyridine rings is 1. The van der Waals surface area contributed by atoms with Crippen LogP contribution < -0.4 is 10.1 Å². The van der Waals surface area contributed by atoms with Crippen LogP contribution in [0.25, 0.3) is 0 Å². The van der Waals surface area contributed by atoms with Crippen LogP contribution in [0.5, 0.6) is 5.75 Å². The Bertz CT molecular complexity index is 359. The highest BCUT2D eigenvalue weighted by molar-refractivity contribution is 5.20. The van der Waals surface area contributed by atoms with Crippen LogP contribution in [-0.2, 0) is 6.54 Å². The third-order valence-corrected chi connectivity index (χ3v) is 3.40. The van der Waals surface area contributed by atoms with Gasteiger partial charge in [0.25, 0.3) is 0 Å². The van der Waals surface area contributed by atoms with Gasteiger partial charge >= 0.3 is 0 Å². The number of aliphatic hydroxyl groups is 1. The van der Waals surface area contributed by atoms with Crippen LogP contribution in [0, 0.1) is 0 Å². The minimum absolute atomic E-state index is 0.376. The van der Waals surface area contributed by atoms with Crippen molar-refractivity contribution in [3.8, 4) is 5.75 Å². The van der Waals surface area contributed by atoms with Gasteiger partial charge in [0.15, 0.2) is 0 Å². The number of nitrogens with one attached hydrogen (secondary N) is 1. The molecule has 0 unspecified atom stereocenters. The van der Waals surface area contributed by atoms with Crippen molar-refractivity contribution in [1.82, 2.24) is 10.3 Å². The lowest BCUT2D eigenvalue weighted by Crippen LogP contribution is -2.32. The lowest BCUT2D eigenvalue weighted by molar-refractivity contribution is 0.00130. The van der Waals surface area contributed by atoms with Crippen molar-refractivity contribution < 1.29 is 9.84 Å². The summed E-state index contributed by atoms with van der Waals surface area (Å²) >= 11 is 0. The van der Waals surface area contributed by atoms with E-state index in [1.807, 2.05) is 12.1 Å². The zero-order valence-electron chi connectivity index (χ0n) is 11.0. The van der Waals surface area contributed by atoms with E-state index in [9.17, 15) is 5.11 Å². The molecule has 1 aliphatic carbocycles. The van der Waals surface area contributed by atoms with E-state index in [0.717, 1.165) is 50.2 Å². The van der Waals surface area contributed by atoms with E-state index < -0.39 is 5.60 Å². The fraction of sp³-hybridized carbons (Fsp3) is 0.643. The molecular formula is C14H22N2O2. The molecule has 0 bridgehead atoms. The van der Waals surface area contributed by atoms with E-state index in [1.165, 1.54) is 0 Å². The van der Waals surface area contributed by atoms with Crippen molar-refractivity contribution in [2.75, 3.05) is 13.2 Å². The lowest BCUT2D eigenvalue weighted by Gasteiger charge is -2.22. The summed E-state index contributed by atoms with van der Waals surface area (Å²) in [6.45, 7) is 4.16. The Morgan fingerprint density at radius 1 is 1.39 bits per heavy atom. The number of aromatic nitrogens is 1. The van der Waals surface area contributed by atoms with Gasteiger partial charge in [-0.05, 0) is 31.5 Å². The van der Waals surface area contributed by atoms with Crippen LogP contribution >= 0.6 is 0 Å². The predicted octanol–water partition coefficient (Wildman–Crippen LogP) is 1.87. The average Bonchev–Trinajstić information content (AvgIpc) is 2.83. The fourth-order valence-corrected chi connectivity index (χ4v) is 2.25. The summed E-state index contributed by atoms with van der Waals surface area (Å²) < 4.78 is 5.62. The molecule has 0 aromatic carbocycles. The number of nitrogens with zero attached hydrogens (tertiary/aromatic N) is 1. The summed E-state index contributed by atoms with van der Waals surface area (Å²) in [5.41, 5.74) is 0.381. The lowest BCUT2D eigenvalue weighted by atomic mass is 10.0. The molecule has 0 amide bonds. The van der Waals surface area contributed by atoms with Gasteiger partial charge in [-0.25, -0.2) is 0 Å². The molecule has 0 saturated heterocycles. The molecule has 18 heavy (non-hydrogen) atoms. The molecule has 1 saturated carbocycles. The summed E-state index contributed by atoms with van der Waals surface area (Å²) in [7, 11) is 0. The van der Waals surface area contributed by atoms with Gasteiger partial charge in [0.05, 0.1) is 17.5 Å². The van der Waals surface area contributed by atoms with Gasteiger partial charge in [-0.3, -0.25) is 4.98 Å². The Morgan fingerprint density at radius 3 is 2.78 bits per heavy atom. The number of rotatable bonds is 6.